The van der Waals surface area contributed by atoms with E-state index in [2.05, 4.69) is 285 Å². The third-order valence-electron chi connectivity index (χ3n) is 17.5. The van der Waals surface area contributed by atoms with E-state index in [0.29, 0.717) is 0 Å². The van der Waals surface area contributed by atoms with Crippen molar-refractivity contribution in [3.8, 4) is 44.9 Å². The predicted molar refractivity (Wildman–Crippen MR) is 311 cm³/mol. The van der Waals surface area contributed by atoms with Crippen molar-refractivity contribution >= 4 is 17.1 Å². The topological polar surface area (TPSA) is 12.5 Å². The Hall–Kier alpha value is -8.20. The van der Waals surface area contributed by atoms with E-state index >= 15 is 0 Å². The van der Waals surface area contributed by atoms with Gasteiger partial charge in [0.2, 0.25) is 0 Å². The van der Waals surface area contributed by atoms with Gasteiger partial charge in [0.15, 0.2) is 5.75 Å². The molecule has 2 heteroatoms. The zero-order valence-corrected chi connectivity index (χ0v) is 44.2. The fraction of sp³-hybridized carbons (Fsp3) is 0.178. The minimum atomic E-state index is -0.685. The fourth-order valence-corrected chi connectivity index (χ4v) is 13.9. The van der Waals surface area contributed by atoms with E-state index < -0.39 is 10.8 Å². The van der Waals surface area contributed by atoms with Gasteiger partial charge in [0.25, 0.3) is 0 Å². The van der Waals surface area contributed by atoms with Crippen LogP contribution in [0.1, 0.15) is 122 Å². The lowest BCUT2D eigenvalue weighted by atomic mass is 9.64. The van der Waals surface area contributed by atoms with E-state index in [1.807, 2.05) is 0 Å². The molecule has 0 fully saturated rings. The number of fused-ring (bicyclic) bond motifs is 15. The zero-order chi connectivity index (χ0) is 51.2. The van der Waals surface area contributed by atoms with Gasteiger partial charge in [-0.05, 0) is 136 Å². The van der Waals surface area contributed by atoms with Crippen LogP contribution in [0.2, 0.25) is 0 Å². The molecule has 0 saturated carbocycles. The Morgan fingerprint density at radius 2 is 0.760 bits per heavy atom. The number of hydrogen-bond acceptors (Lipinski definition) is 2. The molecule has 1 spiro atoms. The molecule has 75 heavy (non-hydrogen) atoms. The molecule has 0 unspecified atom stereocenters. The number of para-hydroxylation sites is 2. The van der Waals surface area contributed by atoms with Gasteiger partial charge in [-0.1, -0.05) is 243 Å². The van der Waals surface area contributed by atoms with Crippen LogP contribution in [0, 0.1) is 0 Å². The van der Waals surface area contributed by atoms with E-state index in [9.17, 15) is 0 Å². The molecule has 10 aromatic rings. The largest absolute Gasteiger partial charge is 0.454 e. The molecule has 0 saturated heterocycles. The van der Waals surface area contributed by atoms with Crippen molar-refractivity contribution < 1.29 is 4.74 Å². The van der Waals surface area contributed by atoms with E-state index in [1.54, 1.807) is 0 Å². The van der Waals surface area contributed by atoms with Crippen molar-refractivity contribution in [2.45, 2.75) is 82.5 Å². The van der Waals surface area contributed by atoms with E-state index in [-0.39, 0.29) is 16.2 Å². The third kappa shape index (κ3) is 6.26. The van der Waals surface area contributed by atoms with Crippen LogP contribution in [0.5, 0.6) is 11.5 Å². The predicted octanol–water partition coefficient (Wildman–Crippen LogP) is 18.9. The monoisotopic (exact) mass is 967 g/mol. The maximum absolute atomic E-state index is 7.61. The highest BCUT2D eigenvalue weighted by atomic mass is 16.5. The Balaban J connectivity index is 1.09. The highest BCUT2D eigenvalue weighted by molar-refractivity contribution is 5.95. The molecule has 14 rings (SSSR count). The van der Waals surface area contributed by atoms with Gasteiger partial charge in [0.1, 0.15) is 5.75 Å². The van der Waals surface area contributed by atoms with Gasteiger partial charge in [-0.3, -0.25) is 0 Å². The van der Waals surface area contributed by atoms with Crippen LogP contribution in [-0.2, 0) is 27.1 Å². The van der Waals surface area contributed by atoms with Crippen molar-refractivity contribution in [2.75, 3.05) is 4.90 Å². The summed E-state index contributed by atoms with van der Waals surface area (Å²) in [6, 6.07) is 85.0. The molecular weight excluding hydrogens is 907 g/mol. The lowest BCUT2D eigenvalue weighted by molar-refractivity contribution is 0.437. The van der Waals surface area contributed by atoms with Gasteiger partial charge >= 0.3 is 0 Å². The number of nitrogens with zero attached hydrogens (tertiary/aromatic N) is 1. The molecule has 364 valence electrons. The lowest BCUT2D eigenvalue weighted by Gasteiger charge is -2.42. The van der Waals surface area contributed by atoms with Crippen molar-refractivity contribution in [3.05, 3.63) is 291 Å². The number of rotatable bonds is 5. The van der Waals surface area contributed by atoms with Gasteiger partial charge in [0.05, 0.1) is 16.5 Å². The summed E-state index contributed by atoms with van der Waals surface area (Å²) in [5.41, 5.74) is 24.4. The highest BCUT2D eigenvalue weighted by Gasteiger charge is 2.53. The molecule has 10 aromatic carbocycles. The molecule has 2 nitrogen and oxygen atoms in total. The molecule has 1 heterocycles. The van der Waals surface area contributed by atoms with E-state index in [0.717, 1.165) is 34.1 Å². The number of ether oxygens (including phenoxy) is 1. The van der Waals surface area contributed by atoms with Crippen LogP contribution in [0.4, 0.5) is 17.1 Å². The normalized spacial score (nSPS) is 15.4. The van der Waals surface area contributed by atoms with Gasteiger partial charge in [0, 0.05) is 27.9 Å². The summed E-state index contributed by atoms with van der Waals surface area (Å²) in [6.07, 6.45) is 0. The average Bonchev–Trinajstić information content (AvgIpc) is 4.04. The van der Waals surface area contributed by atoms with Gasteiger partial charge in [-0.15, -0.1) is 0 Å². The van der Waals surface area contributed by atoms with Crippen LogP contribution >= 0.6 is 0 Å². The van der Waals surface area contributed by atoms with Gasteiger partial charge in [-0.25, -0.2) is 0 Å². The molecule has 0 radical (unpaired) electrons. The summed E-state index contributed by atoms with van der Waals surface area (Å²) in [7, 11) is 0. The lowest BCUT2D eigenvalue weighted by Crippen LogP contribution is -2.33. The number of anilines is 3. The molecule has 0 atom stereocenters. The molecular formula is C73H61NO. The quantitative estimate of drug-likeness (QED) is 0.170. The first-order valence-electron chi connectivity index (χ1n) is 26.8. The smallest absolute Gasteiger partial charge is 0.156 e. The maximum Gasteiger partial charge on any atom is 0.156 e. The number of hydrogen-bond donors (Lipinski definition) is 0. The van der Waals surface area contributed by atoms with E-state index in [1.165, 1.54) is 94.6 Å². The highest BCUT2D eigenvalue weighted by Crippen LogP contribution is 2.65. The Morgan fingerprint density at radius 3 is 1.33 bits per heavy atom. The SMILES string of the molecule is CC(C)(C)c1ccc2c(c1)C1(c3ccccc3Oc3c(N(c4ccc5c(c4)C(C)(C)c4ccccc4-5)c4ccc5c(c4)C(c4ccccc4)(c4ccccc4)c4ccccc4-5)cccc31)c1cc(C(C)(C)C)ccc1-2. The number of benzene rings is 10. The summed E-state index contributed by atoms with van der Waals surface area (Å²) in [5, 5.41) is 0. The molecule has 1 aliphatic heterocycles. The summed E-state index contributed by atoms with van der Waals surface area (Å²) in [6.45, 7) is 18.8. The first-order chi connectivity index (χ1) is 36.2. The van der Waals surface area contributed by atoms with Crippen molar-refractivity contribution in [1.82, 2.24) is 0 Å². The summed E-state index contributed by atoms with van der Waals surface area (Å²) in [4.78, 5) is 2.51. The second-order valence-electron chi connectivity index (χ2n) is 24.0. The average molecular weight is 968 g/mol. The van der Waals surface area contributed by atoms with Crippen molar-refractivity contribution in [3.63, 3.8) is 0 Å². The van der Waals surface area contributed by atoms with Crippen LogP contribution in [0.25, 0.3) is 33.4 Å². The molecule has 0 bridgehead atoms. The second-order valence-corrected chi connectivity index (χ2v) is 24.0. The minimum Gasteiger partial charge on any atom is -0.454 e. The van der Waals surface area contributed by atoms with Gasteiger partial charge < -0.3 is 9.64 Å². The molecule has 3 aliphatic carbocycles. The van der Waals surface area contributed by atoms with Crippen molar-refractivity contribution in [2.24, 2.45) is 0 Å². The first-order valence-corrected chi connectivity index (χ1v) is 26.8. The molecule has 0 aromatic heterocycles. The molecule has 0 amide bonds. The first kappa shape index (κ1) is 45.4. The molecule has 0 N–H and O–H groups in total. The Bertz CT molecular complexity index is 3870. The molecule has 4 aliphatic rings. The van der Waals surface area contributed by atoms with Crippen molar-refractivity contribution in [1.29, 1.82) is 0 Å². The van der Waals surface area contributed by atoms with Gasteiger partial charge in [-0.2, -0.15) is 0 Å². The zero-order valence-electron chi connectivity index (χ0n) is 44.2. The standard InChI is InChI=1S/C73H61NO/c1-69(2,3)48-34-38-55-56-39-35-49(70(4,5)6)43-64(56)73(63(55)42-48)60-30-19-20-33-67(60)75-68-61(73)31-21-32-66(68)74(50-36-40-54-52-26-15-17-28-58(52)71(7,8)62(54)44-50)51-37-41-57-53-27-16-18-29-59(53)72(65(57)45-51,46-22-11-9-12-23-46)47-24-13-10-14-25-47/h9-45H,1-8H3. The fourth-order valence-electron chi connectivity index (χ4n) is 13.9. The third-order valence-corrected chi connectivity index (χ3v) is 17.5. The Morgan fingerprint density at radius 1 is 0.333 bits per heavy atom. The maximum atomic E-state index is 7.61. The van der Waals surface area contributed by atoms with Crippen LogP contribution in [-0.4, -0.2) is 0 Å². The summed E-state index contributed by atoms with van der Waals surface area (Å²) < 4.78 is 7.61. The Labute approximate surface area is 443 Å². The van der Waals surface area contributed by atoms with Crippen LogP contribution < -0.4 is 9.64 Å². The summed E-state index contributed by atoms with van der Waals surface area (Å²) in [5.74, 6) is 1.74. The Kier molecular flexibility index (Phi) is 9.63. The summed E-state index contributed by atoms with van der Waals surface area (Å²) >= 11 is 0. The second kappa shape index (κ2) is 15.9. The minimum absolute atomic E-state index is 0.0727. The van der Waals surface area contributed by atoms with Crippen LogP contribution in [0.3, 0.4) is 0 Å². The van der Waals surface area contributed by atoms with Crippen LogP contribution in [0.15, 0.2) is 224 Å². The van der Waals surface area contributed by atoms with E-state index in [4.69, 9.17) is 4.74 Å².